The van der Waals surface area contributed by atoms with Gasteiger partial charge < -0.3 is 15.0 Å². The molecule has 3 rings (SSSR count). The van der Waals surface area contributed by atoms with Crippen molar-refractivity contribution in [1.82, 2.24) is 10.2 Å². The molecule has 6 heteroatoms. The number of carbonyl (C=O) groups is 2. The highest BCUT2D eigenvalue weighted by Crippen LogP contribution is 2.17. The Kier molecular flexibility index (Phi) is 10.1. The van der Waals surface area contributed by atoms with Gasteiger partial charge in [-0.25, -0.2) is 0 Å². The zero-order valence-electron chi connectivity index (χ0n) is 20.5. The van der Waals surface area contributed by atoms with Gasteiger partial charge in [-0.15, -0.1) is 0 Å². The maximum atomic E-state index is 13.5. The first-order valence-corrected chi connectivity index (χ1v) is 12.9. The van der Waals surface area contributed by atoms with Crippen LogP contribution in [0.3, 0.4) is 0 Å². The van der Waals surface area contributed by atoms with Gasteiger partial charge in [-0.3, -0.25) is 9.59 Å². The summed E-state index contributed by atoms with van der Waals surface area (Å²) in [4.78, 5) is 28.6. The summed E-state index contributed by atoms with van der Waals surface area (Å²) < 4.78 is 6.90. The Morgan fingerprint density at radius 2 is 1.57 bits per heavy atom. The Bertz CT molecular complexity index is 1080. The molecule has 1 atom stereocenters. The molecule has 0 fully saturated rings. The average Bonchev–Trinajstić information content (AvgIpc) is 2.86. The normalized spacial score (nSPS) is 11.7. The highest BCUT2D eigenvalue weighted by Gasteiger charge is 2.30. The first-order valence-electron chi connectivity index (χ1n) is 11.9. The highest BCUT2D eigenvalue weighted by molar-refractivity contribution is 14.1. The molecular weight excluding hydrogens is 551 g/mol. The van der Waals surface area contributed by atoms with E-state index in [0.717, 1.165) is 20.3 Å². The molecule has 0 radical (unpaired) electrons. The largest absolute Gasteiger partial charge is 0.484 e. The number of nitrogens with zero attached hydrogens (tertiary/aromatic N) is 1. The SMILES string of the molecule is Cc1ccc(CN(C(=O)COc2ccc(I)cc2)[C@@H](Cc2ccccc2)C(=O)NCC(C)C)cc1. The summed E-state index contributed by atoms with van der Waals surface area (Å²) in [5.74, 6) is 0.543. The summed E-state index contributed by atoms with van der Waals surface area (Å²) >= 11 is 2.23. The van der Waals surface area contributed by atoms with Crippen LogP contribution >= 0.6 is 22.6 Å². The lowest BCUT2D eigenvalue weighted by atomic mass is 10.0. The van der Waals surface area contributed by atoms with Crippen LogP contribution in [0.4, 0.5) is 0 Å². The number of rotatable bonds is 11. The van der Waals surface area contributed by atoms with E-state index in [-0.39, 0.29) is 18.4 Å². The van der Waals surface area contributed by atoms with Gasteiger partial charge in [0.1, 0.15) is 11.8 Å². The summed E-state index contributed by atoms with van der Waals surface area (Å²) in [7, 11) is 0. The smallest absolute Gasteiger partial charge is 0.261 e. The van der Waals surface area contributed by atoms with Crippen molar-refractivity contribution in [3.05, 3.63) is 99.1 Å². The third-order valence-electron chi connectivity index (χ3n) is 5.61. The molecule has 0 saturated carbocycles. The Morgan fingerprint density at radius 1 is 0.914 bits per heavy atom. The monoisotopic (exact) mass is 584 g/mol. The highest BCUT2D eigenvalue weighted by atomic mass is 127. The molecular formula is C29H33IN2O3. The molecule has 0 spiro atoms. The van der Waals surface area contributed by atoms with Gasteiger partial charge in [0.25, 0.3) is 5.91 Å². The number of hydrogen-bond donors (Lipinski definition) is 1. The van der Waals surface area contributed by atoms with Crippen molar-refractivity contribution < 1.29 is 14.3 Å². The van der Waals surface area contributed by atoms with Gasteiger partial charge in [-0.1, -0.05) is 74.0 Å². The predicted molar refractivity (Wildman–Crippen MR) is 148 cm³/mol. The fourth-order valence-electron chi connectivity index (χ4n) is 3.63. The van der Waals surface area contributed by atoms with Crippen LogP contribution < -0.4 is 10.1 Å². The lowest BCUT2D eigenvalue weighted by Crippen LogP contribution is -2.52. The predicted octanol–water partition coefficient (Wildman–Crippen LogP) is 5.39. The van der Waals surface area contributed by atoms with E-state index in [1.807, 2.05) is 85.8 Å². The summed E-state index contributed by atoms with van der Waals surface area (Å²) in [5, 5.41) is 3.04. The van der Waals surface area contributed by atoms with Crippen molar-refractivity contribution in [2.45, 2.75) is 39.8 Å². The van der Waals surface area contributed by atoms with Gasteiger partial charge in [0.15, 0.2) is 6.61 Å². The molecule has 0 aliphatic heterocycles. The molecule has 0 aromatic heterocycles. The van der Waals surface area contributed by atoms with Crippen molar-refractivity contribution in [2.24, 2.45) is 5.92 Å². The second-order valence-corrected chi connectivity index (χ2v) is 10.3. The van der Waals surface area contributed by atoms with Gasteiger partial charge in [-0.05, 0) is 70.8 Å². The number of halogens is 1. The number of aryl methyl sites for hydroxylation is 1. The molecule has 5 nitrogen and oxygen atoms in total. The van der Waals surface area contributed by atoms with Crippen molar-refractivity contribution in [3.63, 3.8) is 0 Å². The quantitative estimate of drug-likeness (QED) is 0.308. The fraction of sp³-hybridized carbons (Fsp3) is 0.310. The summed E-state index contributed by atoms with van der Waals surface area (Å²) in [6.07, 6.45) is 0.423. The first-order chi connectivity index (χ1) is 16.8. The standard InChI is InChI=1S/C29H33IN2O3/c1-21(2)18-31-29(34)27(17-23-7-5-4-6-8-23)32(19-24-11-9-22(3)10-12-24)28(33)20-35-26-15-13-25(30)14-16-26/h4-16,21,27H,17-20H2,1-3H3,(H,31,34)/t27-/m0/s1. The van der Waals surface area contributed by atoms with Gasteiger partial charge in [0.05, 0.1) is 0 Å². The van der Waals surface area contributed by atoms with E-state index in [9.17, 15) is 9.59 Å². The van der Waals surface area contributed by atoms with Gasteiger partial charge in [0.2, 0.25) is 5.91 Å². The van der Waals surface area contributed by atoms with Gasteiger partial charge in [0, 0.05) is 23.1 Å². The van der Waals surface area contributed by atoms with Crippen LogP contribution in [0, 0.1) is 16.4 Å². The minimum atomic E-state index is -0.662. The molecule has 35 heavy (non-hydrogen) atoms. The lowest BCUT2D eigenvalue weighted by Gasteiger charge is -2.31. The molecule has 0 aliphatic rings. The minimum Gasteiger partial charge on any atom is -0.484 e. The molecule has 0 unspecified atom stereocenters. The third-order valence-corrected chi connectivity index (χ3v) is 6.32. The zero-order chi connectivity index (χ0) is 25.2. The number of benzene rings is 3. The molecule has 2 amide bonds. The van der Waals surface area contributed by atoms with Crippen LogP contribution in [0.15, 0.2) is 78.9 Å². The number of carbonyl (C=O) groups excluding carboxylic acids is 2. The molecule has 3 aromatic rings. The fourth-order valence-corrected chi connectivity index (χ4v) is 3.99. The Morgan fingerprint density at radius 3 is 2.20 bits per heavy atom. The van der Waals surface area contributed by atoms with E-state index in [1.165, 1.54) is 0 Å². The van der Waals surface area contributed by atoms with Crippen LogP contribution in [0.5, 0.6) is 5.75 Å². The van der Waals surface area contributed by atoms with Crippen LogP contribution in [0.1, 0.15) is 30.5 Å². The average molecular weight is 584 g/mol. The van der Waals surface area contributed by atoms with Gasteiger partial charge in [-0.2, -0.15) is 0 Å². The molecule has 0 heterocycles. The molecule has 0 aliphatic carbocycles. The summed E-state index contributed by atoms with van der Waals surface area (Å²) in [6.45, 7) is 6.86. The van der Waals surface area contributed by atoms with E-state index in [2.05, 4.69) is 41.8 Å². The van der Waals surface area contributed by atoms with E-state index in [0.29, 0.717) is 31.2 Å². The van der Waals surface area contributed by atoms with E-state index >= 15 is 0 Å². The molecule has 3 aromatic carbocycles. The van der Waals surface area contributed by atoms with Crippen molar-refractivity contribution in [1.29, 1.82) is 0 Å². The van der Waals surface area contributed by atoms with Crippen molar-refractivity contribution >= 4 is 34.4 Å². The maximum absolute atomic E-state index is 13.5. The second kappa shape index (κ2) is 13.3. The topological polar surface area (TPSA) is 58.6 Å². The van der Waals surface area contributed by atoms with E-state index in [4.69, 9.17) is 4.74 Å². The maximum Gasteiger partial charge on any atom is 0.261 e. The van der Waals surface area contributed by atoms with Crippen LogP contribution in [-0.2, 0) is 22.6 Å². The molecule has 0 saturated heterocycles. The number of nitrogens with one attached hydrogen (secondary N) is 1. The molecule has 1 N–H and O–H groups in total. The van der Waals surface area contributed by atoms with Gasteiger partial charge >= 0.3 is 0 Å². The van der Waals surface area contributed by atoms with E-state index < -0.39 is 6.04 Å². The number of ether oxygens (including phenoxy) is 1. The van der Waals surface area contributed by atoms with Crippen molar-refractivity contribution in [2.75, 3.05) is 13.2 Å². The van der Waals surface area contributed by atoms with Crippen LogP contribution in [-0.4, -0.2) is 35.9 Å². The Balaban J connectivity index is 1.88. The molecule has 184 valence electrons. The van der Waals surface area contributed by atoms with Crippen LogP contribution in [0.2, 0.25) is 0 Å². The van der Waals surface area contributed by atoms with E-state index in [1.54, 1.807) is 4.90 Å². The Hall–Kier alpha value is -2.87. The summed E-state index contributed by atoms with van der Waals surface area (Å²) in [5.41, 5.74) is 3.11. The number of amides is 2. The number of hydrogen-bond acceptors (Lipinski definition) is 3. The second-order valence-electron chi connectivity index (χ2n) is 9.09. The first kappa shape index (κ1) is 26.7. The zero-order valence-corrected chi connectivity index (χ0v) is 22.7. The lowest BCUT2D eigenvalue weighted by molar-refractivity contribution is -0.142. The minimum absolute atomic E-state index is 0.144. The Labute approximate surface area is 222 Å². The van der Waals surface area contributed by atoms with Crippen molar-refractivity contribution in [3.8, 4) is 5.75 Å². The summed E-state index contributed by atoms with van der Waals surface area (Å²) in [6, 6.07) is 24.7. The third kappa shape index (κ3) is 8.69. The van der Waals surface area contributed by atoms with Crippen LogP contribution in [0.25, 0.3) is 0 Å². The molecule has 0 bridgehead atoms.